The summed E-state index contributed by atoms with van der Waals surface area (Å²) in [6.07, 6.45) is 4.03. The highest BCUT2D eigenvalue weighted by atomic mass is 31.2. The zero-order chi connectivity index (χ0) is 12.1. The first-order valence-electron chi connectivity index (χ1n) is 5.36. The van der Waals surface area contributed by atoms with Gasteiger partial charge in [0.15, 0.2) is 0 Å². The summed E-state index contributed by atoms with van der Waals surface area (Å²) in [5, 5.41) is 0. The summed E-state index contributed by atoms with van der Waals surface area (Å²) in [4.78, 5) is 0. The summed E-state index contributed by atoms with van der Waals surface area (Å²) in [7, 11) is -2.14. The number of rotatable bonds is 4. The highest BCUT2D eigenvalue weighted by molar-refractivity contribution is 7.64. The molecule has 0 amide bonds. The van der Waals surface area contributed by atoms with E-state index in [1.54, 1.807) is 0 Å². The molecule has 2 rings (SSSR count). The van der Waals surface area contributed by atoms with E-state index in [4.69, 9.17) is 9.05 Å². The van der Waals surface area contributed by atoms with Crippen LogP contribution in [-0.2, 0) is 0 Å². The molecule has 2 nitrogen and oxygen atoms in total. The molecule has 2 aromatic rings. The molecule has 0 saturated heterocycles. The fraction of sp³-hybridized carbons (Fsp3) is 0.0714. The van der Waals surface area contributed by atoms with Gasteiger partial charge >= 0.3 is 0 Å². The van der Waals surface area contributed by atoms with Crippen LogP contribution in [0.5, 0.6) is 11.5 Å². The molecule has 0 unspecified atom stereocenters. The van der Waals surface area contributed by atoms with Crippen molar-refractivity contribution in [1.29, 1.82) is 0 Å². The third-order valence-corrected chi connectivity index (χ3v) is 3.28. The third-order valence-electron chi connectivity index (χ3n) is 2.08. The first-order chi connectivity index (χ1) is 8.16. The molecule has 2 aromatic carbocycles. The molecule has 0 aromatic heterocycles. The second-order valence-corrected chi connectivity index (χ2v) is 6.22. The molecule has 0 N–H and O–H groups in total. The Hall–Kier alpha value is -1.66. The monoisotopic (exact) mass is 246 g/mol. The van der Waals surface area contributed by atoms with Gasteiger partial charge < -0.3 is 9.05 Å². The van der Waals surface area contributed by atoms with Crippen LogP contribution in [0.2, 0.25) is 0 Å². The zero-order valence-corrected chi connectivity index (χ0v) is 10.6. The van der Waals surface area contributed by atoms with Gasteiger partial charge in [-0.1, -0.05) is 36.4 Å². The molecule has 3 heteroatoms. The van der Waals surface area contributed by atoms with E-state index in [1.165, 1.54) is 0 Å². The van der Waals surface area contributed by atoms with Gasteiger partial charge in [-0.25, -0.2) is 0 Å². The van der Waals surface area contributed by atoms with Crippen LogP contribution in [0.1, 0.15) is 0 Å². The van der Waals surface area contributed by atoms with Gasteiger partial charge in [-0.15, -0.1) is 0 Å². The molecule has 0 aliphatic heterocycles. The average Bonchev–Trinajstić information content (AvgIpc) is 2.30. The van der Waals surface area contributed by atoms with E-state index in [9.17, 15) is 0 Å². The summed E-state index contributed by atoms with van der Waals surface area (Å²) in [5.41, 5.74) is 0. The fourth-order valence-corrected chi connectivity index (χ4v) is 2.60. The SMILES string of the molecule is C=P(C)(Oc1ccccc1)Oc1ccccc1. The van der Waals surface area contributed by atoms with E-state index in [-0.39, 0.29) is 0 Å². The summed E-state index contributed by atoms with van der Waals surface area (Å²) in [6.45, 7) is 1.90. The van der Waals surface area contributed by atoms with Crippen LogP contribution in [0.15, 0.2) is 60.7 Å². The minimum atomic E-state index is -2.14. The lowest BCUT2D eigenvalue weighted by Crippen LogP contribution is -1.99. The summed E-state index contributed by atoms with van der Waals surface area (Å²) < 4.78 is 11.6. The van der Waals surface area contributed by atoms with Crippen LogP contribution in [0.4, 0.5) is 0 Å². The van der Waals surface area contributed by atoms with Crippen LogP contribution >= 0.6 is 7.34 Å². The van der Waals surface area contributed by atoms with Crippen LogP contribution in [0.25, 0.3) is 0 Å². The summed E-state index contributed by atoms with van der Waals surface area (Å²) >= 11 is 0. The van der Waals surface area contributed by atoms with Gasteiger partial charge in [0.25, 0.3) is 0 Å². The van der Waals surface area contributed by atoms with Crippen molar-refractivity contribution >= 4 is 13.6 Å². The van der Waals surface area contributed by atoms with Crippen LogP contribution in [-0.4, -0.2) is 13.0 Å². The average molecular weight is 246 g/mol. The molecule has 0 spiro atoms. The molecule has 0 aliphatic rings. The van der Waals surface area contributed by atoms with E-state index in [0.29, 0.717) is 0 Å². The number of hydrogen-bond donors (Lipinski definition) is 0. The van der Waals surface area contributed by atoms with Gasteiger partial charge in [-0.3, -0.25) is 0 Å². The predicted molar refractivity (Wildman–Crippen MR) is 74.1 cm³/mol. The van der Waals surface area contributed by atoms with Crippen molar-refractivity contribution in [2.75, 3.05) is 6.66 Å². The zero-order valence-electron chi connectivity index (χ0n) is 9.74. The van der Waals surface area contributed by atoms with Crippen molar-refractivity contribution in [2.45, 2.75) is 0 Å². The van der Waals surface area contributed by atoms with Gasteiger partial charge in [-0.2, -0.15) is 0 Å². The van der Waals surface area contributed by atoms with Crippen molar-refractivity contribution in [3.63, 3.8) is 0 Å². The minimum Gasteiger partial charge on any atom is -0.444 e. The molecule has 0 saturated carbocycles. The second-order valence-electron chi connectivity index (χ2n) is 3.82. The van der Waals surface area contributed by atoms with Crippen LogP contribution in [0, 0.1) is 0 Å². The lowest BCUT2D eigenvalue weighted by atomic mass is 10.3. The standard InChI is InChI=1S/C14H15O2P/c1-17(2,15-13-9-5-3-6-10-13)16-14-11-7-4-8-12-14/h3-12H,1H2,2H3. The van der Waals surface area contributed by atoms with E-state index in [1.807, 2.05) is 67.3 Å². The minimum absolute atomic E-state index is 0.786. The Morgan fingerprint density at radius 1 is 0.765 bits per heavy atom. The lowest BCUT2D eigenvalue weighted by molar-refractivity contribution is 0.492. The van der Waals surface area contributed by atoms with Crippen LogP contribution < -0.4 is 9.05 Å². The maximum atomic E-state index is 5.78. The number of hydrogen-bond acceptors (Lipinski definition) is 2. The van der Waals surface area contributed by atoms with Gasteiger partial charge in [-0.05, 0) is 30.6 Å². The van der Waals surface area contributed by atoms with Crippen molar-refractivity contribution in [3.8, 4) is 11.5 Å². The maximum Gasteiger partial charge on any atom is 0.212 e. The molecule has 17 heavy (non-hydrogen) atoms. The van der Waals surface area contributed by atoms with E-state index in [0.717, 1.165) is 11.5 Å². The Kier molecular flexibility index (Phi) is 3.55. The Morgan fingerprint density at radius 3 is 1.47 bits per heavy atom. The first kappa shape index (κ1) is 11.8. The smallest absolute Gasteiger partial charge is 0.212 e. The predicted octanol–water partition coefficient (Wildman–Crippen LogP) is 4.05. The molecule has 0 radical (unpaired) electrons. The van der Waals surface area contributed by atoms with Crippen molar-refractivity contribution in [1.82, 2.24) is 0 Å². The van der Waals surface area contributed by atoms with Crippen molar-refractivity contribution in [2.24, 2.45) is 0 Å². The van der Waals surface area contributed by atoms with Gasteiger partial charge in [0.2, 0.25) is 7.34 Å². The molecule has 0 aliphatic carbocycles. The number of para-hydroxylation sites is 2. The van der Waals surface area contributed by atoms with Crippen molar-refractivity contribution in [3.05, 3.63) is 60.7 Å². The highest BCUT2D eigenvalue weighted by Gasteiger charge is 2.11. The maximum absolute atomic E-state index is 5.78. The van der Waals surface area contributed by atoms with E-state index < -0.39 is 7.34 Å². The summed E-state index contributed by atoms with van der Waals surface area (Å²) in [5.74, 6) is 1.57. The van der Waals surface area contributed by atoms with E-state index >= 15 is 0 Å². The molecular formula is C14H15O2P. The van der Waals surface area contributed by atoms with Gasteiger partial charge in [0.1, 0.15) is 11.5 Å². The number of benzene rings is 2. The Bertz CT molecular complexity index is 463. The molecule has 88 valence electrons. The Balaban J connectivity index is 2.07. The molecule has 0 fully saturated rings. The summed E-state index contributed by atoms with van der Waals surface area (Å²) in [6, 6.07) is 19.2. The topological polar surface area (TPSA) is 18.5 Å². The fourth-order valence-electron chi connectivity index (χ4n) is 1.43. The lowest BCUT2D eigenvalue weighted by Gasteiger charge is -2.21. The third kappa shape index (κ3) is 3.69. The first-order valence-corrected chi connectivity index (χ1v) is 7.62. The van der Waals surface area contributed by atoms with Crippen LogP contribution in [0.3, 0.4) is 0 Å². The molecule has 0 heterocycles. The quantitative estimate of drug-likeness (QED) is 0.757. The van der Waals surface area contributed by atoms with Gasteiger partial charge in [0.05, 0.1) is 0 Å². The molecule has 0 bridgehead atoms. The van der Waals surface area contributed by atoms with Gasteiger partial charge in [0, 0.05) is 6.66 Å². The molecular weight excluding hydrogens is 231 g/mol. The van der Waals surface area contributed by atoms with E-state index in [2.05, 4.69) is 6.30 Å². The second kappa shape index (κ2) is 5.11. The largest absolute Gasteiger partial charge is 0.444 e. The van der Waals surface area contributed by atoms with Crippen molar-refractivity contribution < 1.29 is 9.05 Å². The Labute approximate surface area is 102 Å². The normalized spacial score (nSPS) is 10.9. The Morgan fingerprint density at radius 2 is 1.12 bits per heavy atom. The molecule has 0 atom stereocenters. The highest BCUT2D eigenvalue weighted by Crippen LogP contribution is 2.44.